The van der Waals surface area contributed by atoms with Crippen LogP contribution in [0.1, 0.15) is 49.8 Å². The van der Waals surface area contributed by atoms with E-state index in [1.54, 1.807) is 0 Å². The first-order valence-corrected chi connectivity index (χ1v) is 23.1. The standard InChI is InChI=1S/C63H52N2/c1-43-24-30-46(31-25-43)57-42-58(47-32-26-44(2)27-33-47)62-55-38-36-53(64(49-16-8-4-9-17-49)50-18-10-5-11-19-50)40-59(55)60-41-54(65(51-20-12-6-13-21-51)52-22-14-7-15-23-52)37-39-56(60)63(62)61(57)48-34-28-45(3)29-35-48/h4-24,26,28-32,34-43H,25,27,33H2,1-3H3. The van der Waals surface area contributed by atoms with Crippen LogP contribution >= 0.6 is 0 Å². The number of anilines is 6. The molecule has 0 spiro atoms. The van der Waals surface area contributed by atoms with Crippen LogP contribution in [-0.4, -0.2) is 0 Å². The number of nitrogens with zero attached hydrogens (tertiary/aromatic N) is 2. The first-order valence-electron chi connectivity index (χ1n) is 23.1. The molecule has 2 heteroatoms. The summed E-state index contributed by atoms with van der Waals surface area (Å²) in [7, 11) is 0. The fourth-order valence-corrected chi connectivity index (χ4v) is 10.1. The Kier molecular flexibility index (Phi) is 10.6. The van der Waals surface area contributed by atoms with Gasteiger partial charge in [0.25, 0.3) is 0 Å². The van der Waals surface area contributed by atoms with Crippen LogP contribution < -0.4 is 9.80 Å². The van der Waals surface area contributed by atoms with Crippen LogP contribution in [0.15, 0.2) is 224 Å². The third-order valence-corrected chi connectivity index (χ3v) is 13.4. The molecule has 0 saturated heterocycles. The number of hydrogen-bond acceptors (Lipinski definition) is 2. The van der Waals surface area contributed by atoms with E-state index in [-0.39, 0.29) is 0 Å². The Morgan fingerprint density at radius 2 is 0.954 bits per heavy atom. The van der Waals surface area contributed by atoms with Gasteiger partial charge in [0.05, 0.1) is 0 Å². The highest BCUT2D eigenvalue weighted by Crippen LogP contribution is 2.51. The van der Waals surface area contributed by atoms with Crippen LogP contribution in [0.5, 0.6) is 0 Å². The predicted molar refractivity (Wildman–Crippen MR) is 280 cm³/mol. The second kappa shape index (κ2) is 17.1. The monoisotopic (exact) mass is 836 g/mol. The summed E-state index contributed by atoms with van der Waals surface area (Å²) >= 11 is 0. The van der Waals surface area contributed by atoms with E-state index < -0.39 is 0 Å². The van der Waals surface area contributed by atoms with Gasteiger partial charge < -0.3 is 9.80 Å². The zero-order valence-electron chi connectivity index (χ0n) is 37.4. The zero-order chi connectivity index (χ0) is 43.9. The summed E-state index contributed by atoms with van der Waals surface area (Å²) in [6.45, 7) is 6.76. The minimum absolute atomic E-state index is 0.511. The van der Waals surface area contributed by atoms with Crippen LogP contribution in [-0.2, 0) is 0 Å². The Labute approximate surface area is 383 Å². The summed E-state index contributed by atoms with van der Waals surface area (Å²) in [5.41, 5.74) is 17.2. The molecule has 2 aliphatic rings. The SMILES string of the molecule is CC1=CC=C(c2cc(C3=CCC(C)C=C3)c(-c3ccc(C)cc3)c3c4ccc(N(c5ccccc5)c5ccccc5)cc4c4cc(N(c5ccccc5)c5ccccc5)ccc4c23)CC1. The Bertz CT molecular complexity index is 3260. The molecule has 11 rings (SSSR count). The van der Waals surface area contributed by atoms with Gasteiger partial charge in [0, 0.05) is 34.1 Å². The lowest BCUT2D eigenvalue weighted by molar-refractivity contribution is 0.739. The Balaban J connectivity index is 1.31. The molecule has 9 aromatic rings. The van der Waals surface area contributed by atoms with Gasteiger partial charge in [-0.15, -0.1) is 0 Å². The summed E-state index contributed by atoms with van der Waals surface area (Å²) in [4.78, 5) is 4.78. The number of rotatable bonds is 9. The van der Waals surface area contributed by atoms with E-state index in [0.29, 0.717) is 5.92 Å². The van der Waals surface area contributed by atoms with Crippen molar-refractivity contribution >= 4 is 77.6 Å². The van der Waals surface area contributed by atoms with E-state index in [1.165, 1.54) is 76.9 Å². The second-order valence-corrected chi connectivity index (χ2v) is 17.9. The maximum Gasteiger partial charge on any atom is 0.0468 e. The molecule has 2 nitrogen and oxygen atoms in total. The second-order valence-electron chi connectivity index (χ2n) is 17.9. The molecular weight excluding hydrogens is 785 g/mol. The number of allylic oxidation sites excluding steroid dienone is 8. The van der Waals surface area contributed by atoms with Gasteiger partial charge in [-0.05, 0) is 184 Å². The van der Waals surface area contributed by atoms with Crippen molar-refractivity contribution in [2.24, 2.45) is 5.92 Å². The first kappa shape index (κ1) is 40.1. The highest BCUT2D eigenvalue weighted by atomic mass is 15.1. The minimum atomic E-state index is 0.511. The molecule has 0 aliphatic heterocycles. The van der Waals surface area contributed by atoms with E-state index >= 15 is 0 Å². The molecule has 9 aromatic carbocycles. The van der Waals surface area contributed by atoms with E-state index in [9.17, 15) is 0 Å². The first-order chi connectivity index (χ1) is 32.0. The van der Waals surface area contributed by atoms with Gasteiger partial charge in [-0.3, -0.25) is 0 Å². The number of hydrogen-bond donors (Lipinski definition) is 0. The molecule has 65 heavy (non-hydrogen) atoms. The molecule has 0 aromatic heterocycles. The molecule has 0 bridgehead atoms. The van der Waals surface area contributed by atoms with Gasteiger partial charge in [-0.2, -0.15) is 0 Å². The molecule has 2 aliphatic carbocycles. The molecule has 314 valence electrons. The molecule has 1 unspecified atom stereocenters. The van der Waals surface area contributed by atoms with Crippen LogP contribution in [0, 0.1) is 12.8 Å². The fraction of sp³-hybridized carbons (Fsp3) is 0.111. The molecule has 0 fully saturated rings. The average Bonchev–Trinajstić information content (AvgIpc) is 3.36. The smallest absolute Gasteiger partial charge is 0.0468 e. The van der Waals surface area contributed by atoms with Crippen molar-refractivity contribution in [3.8, 4) is 11.1 Å². The van der Waals surface area contributed by atoms with Gasteiger partial charge in [-0.1, -0.05) is 158 Å². The Morgan fingerprint density at radius 3 is 1.42 bits per heavy atom. The fourth-order valence-electron chi connectivity index (χ4n) is 10.1. The number of para-hydroxylation sites is 4. The van der Waals surface area contributed by atoms with Crippen molar-refractivity contribution in [1.82, 2.24) is 0 Å². The maximum atomic E-state index is 2.55. The van der Waals surface area contributed by atoms with Crippen molar-refractivity contribution in [3.05, 3.63) is 241 Å². The average molecular weight is 837 g/mol. The zero-order valence-corrected chi connectivity index (χ0v) is 37.4. The number of fused-ring (bicyclic) bond motifs is 6. The van der Waals surface area contributed by atoms with E-state index in [2.05, 4.69) is 249 Å². The van der Waals surface area contributed by atoms with Crippen LogP contribution in [0.4, 0.5) is 34.1 Å². The molecule has 0 amide bonds. The van der Waals surface area contributed by atoms with Crippen molar-refractivity contribution in [3.63, 3.8) is 0 Å². The summed E-state index contributed by atoms with van der Waals surface area (Å²) in [6, 6.07) is 69.3. The highest BCUT2D eigenvalue weighted by molar-refractivity contribution is 6.32. The third-order valence-electron chi connectivity index (χ3n) is 13.4. The summed E-state index contributed by atoms with van der Waals surface area (Å²) in [5, 5.41) is 7.56. The Hall–Kier alpha value is -7.68. The highest BCUT2D eigenvalue weighted by Gasteiger charge is 2.26. The molecule has 0 N–H and O–H groups in total. The molecule has 0 heterocycles. The number of benzene rings is 9. The molecular formula is C63H52N2. The molecule has 1 atom stereocenters. The largest absolute Gasteiger partial charge is 0.310 e. The molecule has 0 saturated carbocycles. The lowest BCUT2D eigenvalue weighted by atomic mass is 9.79. The van der Waals surface area contributed by atoms with Crippen LogP contribution in [0.3, 0.4) is 0 Å². The number of aryl methyl sites for hydroxylation is 1. The summed E-state index contributed by atoms with van der Waals surface area (Å²) in [5.74, 6) is 0.511. The lowest BCUT2D eigenvalue weighted by Gasteiger charge is -2.28. The van der Waals surface area contributed by atoms with Crippen LogP contribution in [0.2, 0.25) is 0 Å². The van der Waals surface area contributed by atoms with Crippen molar-refractivity contribution in [2.75, 3.05) is 9.80 Å². The quantitative estimate of drug-likeness (QED) is 0.134. The van der Waals surface area contributed by atoms with Gasteiger partial charge in [0.15, 0.2) is 0 Å². The normalized spacial score (nSPS) is 14.9. The summed E-state index contributed by atoms with van der Waals surface area (Å²) in [6.07, 6.45) is 15.1. The van der Waals surface area contributed by atoms with Gasteiger partial charge in [-0.25, -0.2) is 0 Å². The topological polar surface area (TPSA) is 6.48 Å². The van der Waals surface area contributed by atoms with Crippen molar-refractivity contribution < 1.29 is 0 Å². The van der Waals surface area contributed by atoms with E-state index in [4.69, 9.17) is 0 Å². The lowest BCUT2D eigenvalue weighted by Crippen LogP contribution is -2.10. The summed E-state index contributed by atoms with van der Waals surface area (Å²) < 4.78 is 0. The van der Waals surface area contributed by atoms with E-state index in [0.717, 1.165) is 53.4 Å². The van der Waals surface area contributed by atoms with Gasteiger partial charge >= 0.3 is 0 Å². The van der Waals surface area contributed by atoms with Gasteiger partial charge in [0.2, 0.25) is 0 Å². The predicted octanol–water partition coefficient (Wildman–Crippen LogP) is 18.2. The third kappa shape index (κ3) is 7.55. The Morgan fingerprint density at radius 1 is 0.446 bits per heavy atom. The van der Waals surface area contributed by atoms with Crippen molar-refractivity contribution in [2.45, 2.75) is 40.0 Å². The van der Waals surface area contributed by atoms with E-state index in [1.807, 2.05) is 0 Å². The van der Waals surface area contributed by atoms with Crippen LogP contribution in [0.25, 0.3) is 54.6 Å². The van der Waals surface area contributed by atoms with Gasteiger partial charge in [0.1, 0.15) is 0 Å². The molecule has 0 radical (unpaired) electrons. The minimum Gasteiger partial charge on any atom is -0.310 e. The van der Waals surface area contributed by atoms with Crippen molar-refractivity contribution in [1.29, 1.82) is 0 Å². The maximum absolute atomic E-state index is 2.55.